The molecule has 0 amide bonds. The van der Waals surface area contributed by atoms with E-state index >= 15 is 0 Å². The first-order valence-corrected chi connectivity index (χ1v) is 7.81. The lowest BCUT2D eigenvalue weighted by atomic mass is 9.85. The molecular formula is C16H20Cl2N2O. The molecule has 0 aliphatic carbocycles. The van der Waals surface area contributed by atoms with Crippen molar-refractivity contribution in [2.75, 3.05) is 11.4 Å². The molecule has 0 spiro atoms. The van der Waals surface area contributed by atoms with Crippen molar-refractivity contribution in [3.05, 3.63) is 27.2 Å². The summed E-state index contributed by atoms with van der Waals surface area (Å²) in [7, 11) is 0. The summed E-state index contributed by atoms with van der Waals surface area (Å²) in [6, 6.07) is 3.99. The molecule has 2 atom stereocenters. The van der Waals surface area contributed by atoms with Crippen molar-refractivity contribution in [1.29, 1.82) is 5.26 Å². The number of aryl methyl sites for hydroxylation is 1. The first-order chi connectivity index (χ1) is 9.68. The van der Waals surface area contributed by atoms with E-state index in [0.717, 1.165) is 24.2 Å². The topological polar surface area (TPSA) is 47.3 Å². The van der Waals surface area contributed by atoms with Gasteiger partial charge in [0.15, 0.2) is 0 Å². The number of halogens is 2. The summed E-state index contributed by atoms with van der Waals surface area (Å²) in [6.45, 7) is 8.54. The summed E-state index contributed by atoms with van der Waals surface area (Å²) in [5.41, 5.74) is 1.48. The number of hydrogen-bond donors (Lipinski definition) is 1. The Morgan fingerprint density at radius 2 is 2.00 bits per heavy atom. The van der Waals surface area contributed by atoms with E-state index in [2.05, 4.69) is 17.9 Å². The Labute approximate surface area is 136 Å². The summed E-state index contributed by atoms with van der Waals surface area (Å²) >= 11 is 12.6. The van der Waals surface area contributed by atoms with E-state index < -0.39 is 5.60 Å². The van der Waals surface area contributed by atoms with Crippen molar-refractivity contribution in [3.8, 4) is 6.07 Å². The lowest BCUT2D eigenvalue weighted by molar-refractivity contribution is 0.0156. The molecule has 1 heterocycles. The van der Waals surface area contributed by atoms with Gasteiger partial charge in [-0.05, 0) is 45.7 Å². The van der Waals surface area contributed by atoms with Crippen LogP contribution in [0.4, 0.5) is 5.69 Å². The number of hydrogen-bond acceptors (Lipinski definition) is 3. The van der Waals surface area contributed by atoms with Crippen LogP contribution < -0.4 is 4.90 Å². The van der Waals surface area contributed by atoms with Crippen LogP contribution in [0.15, 0.2) is 6.07 Å². The maximum Gasteiger partial charge on any atom is 0.101 e. The molecule has 0 bridgehead atoms. The highest BCUT2D eigenvalue weighted by molar-refractivity contribution is 6.44. The summed E-state index contributed by atoms with van der Waals surface area (Å²) in [5.74, 6) is 0.169. The van der Waals surface area contributed by atoms with E-state index in [-0.39, 0.29) is 12.0 Å². The number of benzene rings is 1. The van der Waals surface area contributed by atoms with Crippen molar-refractivity contribution in [3.63, 3.8) is 0 Å². The Kier molecular flexibility index (Phi) is 4.44. The minimum atomic E-state index is -0.731. The third-order valence-electron chi connectivity index (χ3n) is 4.44. The zero-order valence-electron chi connectivity index (χ0n) is 12.7. The summed E-state index contributed by atoms with van der Waals surface area (Å²) in [4.78, 5) is 2.19. The van der Waals surface area contributed by atoms with Crippen LogP contribution in [-0.4, -0.2) is 23.3 Å². The molecule has 1 aliphatic rings. The fourth-order valence-corrected chi connectivity index (χ4v) is 3.92. The van der Waals surface area contributed by atoms with E-state index in [1.54, 1.807) is 6.07 Å². The Balaban J connectivity index is 2.46. The molecular weight excluding hydrogens is 307 g/mol. The van der Waals surface area contributed by atoms with Crippen LogP contribution in [-0.2, 0) is 0 Å². The molecule has 1 aliphatic heterocycles. The third-order valence-corrected chi connectivity index (χ3v) is 5.30. The number of rotatable bonds is 2. The zero-order chi connectivity index (χ0) is 15.9. The van der Waals surface area contributed by atoms with Gasteiger partial charge in [0.1, 0.15) is 6.07 Å². The molecule has 1 aromatic carbocycles. The van der Waals surface area contributed by atoms with Gasteiger partial charge < -0.3 is 10.0 Å². The quantitative estimate of drug-likeness (QED) is 0.887. The average molecular weight is 327 g/mol. The van der Waals surface area contributed by atoms with Gasteiger partial charge in [-0.1, -0.05) is 23.2 Å². The monoisotopic (exact) mass is 326 g/mol. The number of aliphatic hydroxyl groups is 1. The second-order valence-corrected chi connectivity index (χ2v) is 7.07. The van der Waals surface area contributed by atoms with Crippen LogP contribution in [0.1, 0.15) is 38.3 Å². The number of nitriles is 1. The van der Waals surface area contributed by atoms with Crippen molar-refractivity contribution in [1.82, 2.24) is 0 Å². The van der Waals surface area contributed by atoms with Crippen LogP contribution in [0.25, 0.3) is 0 Å². The van der Waals surface area contributed by atoms with E-state index in [4.69, 9.17) is 28.5 Å². The molecule has 0 aromatic heterocycles. The predicted molar refractivity (Wildman–Crippen MR) is 87.1 cm³/mol. The summed E-state index contributed by atoms with van der Waals surface area (Å²) in [5, 5.41) is 20.1. The Hall–Kier alpha value is -0.950. The summed E-state index contributed by atoms with van der Waals surface area (Å²) < 4.78 is 0. The minimum Gasteiger partial charge on any atom is -0.390 e. The van der Waals surface area contributed by atoms with Crippen LogP contribution >= 0.6 is 23.2 Å². The second kappa shape index (κ2) is 5.68. The average Bonchev–Trinajstić information content (AvgIpc) is 2.76. The van der Waals surface area contributed by atoms with E-state index in [0.29, 0.717) is 15.6 Å². The van der Waals surface area contributed by atoms with Crippen molar-refractivity contribution < 1.29 is 5.11 Å². The predicted octanol–water partition coefficient (Wildman–Crippen LogP) is 4.16. The highest BCUT2D eigenvalue weighted by atomic mass is 35.5. The van der Waals surface area contributed by atoms with Gasteiger partial charge in [0.2, 0.25) is 0 Å². The summed E-state index contributed by atoms with van der Waals surface area (Å²) in [6.07, 6.45) is 0.901. The highest BCUT2D eigenvalue weighted by Gasteiger charge is 2.40. The van der Waals surface area contributed by atoms with Crippen LogP contribution in [0.5, 0.6) is 0 Å². The van der Waals surface area contributed by atoms with Crippen LogP contribution in [0, 0.1) is 24.2 Å². The van der Waals surface area contributed by atoms with Gasteiger partial charge in [0.05, 0.1) is 26.9 Å². The lowest BCUT2D eigenvalue weighted by Crippen LogP contribution is -2.40. The van der Waals surface area contributed by atoms with Gasteiger partial charge in [0.25, 0.3) is 0 Å². The van der Waals surface area contributed by atoms with Crippen LogP contribution in [0.3, 0.4) is 0 Å². The first-order valence-electron chi connectivity index (χ1n) is 7.06. The molecule has 2 rings (SSSR count). The van der Waals surface area contributed by atoms with Crippen molar-refractivity contribution in [2.24, 2.45) is 5.92 Å². The van der Waals surface area contributed by atoms with Gasteiger partial charge in [-0.15, -0.1) is 0 Å². The molecule has 1 fully saturated rings. The molecule has 114 valence electrons. The van der Waals surface area contributed by atoms with Gasteiger partial charge in [-0.3, -0.25) is 0 Å². The molecule has 3 nitrogen and oxygen atoms in total. The Morgan fingerprint density at radius 1 is 1.38 bits per heavy atom. The molecule has 1 N–H and O–H groups in total. The normalized spacial score (nSPS) is 22.5. The third kappa shape index (κ3) is 2.85. The minimum absolute atomic E-state index is 0.158. The molecule has 1 saturated heterocycles. The number of anilines is 1. The smallest absolute Gasteiger partial charge is 0.101 e. The van der Waals surface area contributed by atoms with Crippen molar-refractivity contribution >= 4 is 28.9 Å². The first kappa shape index (κ1) is 16.4. The molecule has 1 aromatic rings. The standard InChI is InChI=1S/C16H20Cl2N2O/c1-9-7-11(8-19)13(17)14(18)15(9)20-6-5-12(10(20)2)16(3,4)21/h7,10,12,21H,5-6H2,1-4H3/t10-,12?/m0/s1. The maximum atomic E-state index is 10.3. The van der Waals surface area contributed by atoms with E-state index in [1.165, 1.54) is 0 Å². The largest absolute Gasteiger partial charge is 0.390 e. The molecule has 0 radical (unpaired) electrons. The molecule has 0 saturated carbocycles. The molecule has 5 heteroatoms. The fraction of sp³-hybridized carbons (Fsp3) is 0.562. The maximum absolute atomic E-state index is 10.3. The lowest BCUT2D eigenvalue weighted by Gasteiger charge is -2.34. The molecule has 21 heavy (non-hydrogen) atoms. The van der Waals surface area contributed by atoms with Gasteiger partial charge in [-0.25, -0.2) is 0 Å². The van der Waals surface area contributed by atoms with Gasteiger partial charge in [0, 0.05) is 18.5 Å². The number of nitrogens with zero attached hydrogens (tertiary/aromatic N) is 2. The fourth-order valence-electron chi connectivity index (χ4n) is 3.38. The highest BCUT2D eigenvalue weighted by Crippen LogP contribution is 2.43. The second-order valence-electron chi connectivity index (χ2n) is 6.31. The van der Waals surface area contributed by atoms with E-state index in [1.807, 2.05) is 20.8 Å². The SMILES string of the molecule is Cc1cc(C#N)c(Cl)c(Cl)c1N1CCC(C(C)(C)O)[C@@H]1C. The zero-order valence-corrected chi connectivity index (χ0v) is 14.3. The van der Waals surface area contributed by atoms with Gasteiger partial charge in [-0.2, -0.15) is 5.26 Å². The van der Waals surface area contributed by atoms with Crippen LogP contribution in [0.2, 0.25) is 10.0 Å². The Morgan fingerprint density at radius 3 is 2.48 bits per heavy atom. The van der Waals surface area contributed by atoms with Crippen molar-refractivity contribution in [2.45, 2.75) is 45.8 Å². The van der Waals surface area contributed by atoms with E-state index in [9.17, 15) is 5.11 Å². The Bertz CT molecular complexity index is 602. The van der Waals surface area contributed by atoms with Gasteiger partial charge >= 0.3 is 0 Å². The molecule has 1 unspecified atom stereocenters.